The fourth-order valence-corrected chi connectivity index (χ4v) is 1.94. The van der Waals surface area contributed by atoms with Gasteiger partial charge in [0.25, 0.3) is 0 Å². The number of hydrogen-bond acceptors (Lipinski definition) is 3. The lowest BCUT2D eigenvalue weighted by atomic mass is 10.0. The number of rotatable bonds is 7. The van der Waals surface area contributed by atoms with Crippen LogP contribution in [0, 0.1) is 12.8 Å². The van der Waals surface area contributed by atoms with Gasteiger partial charge in [0, 0.05) is 18.8 Å². The lowest BCUT2D eigenvalue weighted by Crippen LogP contribution is -2.35. The second-order valence-corrected chi connectivity index (χ2v) is 5.05. The molecule has 1 aromatic heterocycles. The van der Waals surface area contributed by atoms with Crippen LogP contribution in [0.1, 0.15) is 38.6 Å². The largest absolute Gasteiger partial charge is 0.392 e. The van der Waals surface area contributed by atoms with Gasteiger partial charge in [-0.25, -0.2) is 0 Å². The Bertz CT molecular complexity index is 354. The molecule has 0 aliphatic carbocycles. The number of aliphatic hydroxyl groups is 1. The number of aromatic nitrogens is 1. The summed E-state index contributed by atoms with van der Waals surface area (Å²) in [7, 11) is 0. The number of aryl methyl sites for hydroxylation is 1. The van der Waals surface area contributed by atoms with Crippen LogP contribution in [0.4, 0.5) is 0 Å². The summed E-state index contributed by atoms with van der Waals surface area (Å²) in [5.74, 6) is 0.351. The van der Waals surface area contributed by atoms with Gasteiger partial charge in [0.1, 0.15) is 0 Å². The van der Waals surface area contributed by atoms with Gasteiger partial charge in [-0.3, -0.25) is 9.88 Å². The highest BCUT2D eigenvalue weighted by molar-refractivity contribution is 5.09. The predicted molar refractivity (Wildman–Crippen MR) is 75.4 cm³/mol. The molecule has 0 aromatic carbocycles. The van der Waals surface area contributed by atoms with Gasteiger partial charge in [0.05, 0.1) is 11.8 Å². The molecule has 0 radical (unpaired) electrons. The van der Waals surface area contributed by atoms with E-state index in [-0.39, 0.29) is 6.10 Å². The molecule has 1 N–H and O–H groups in total. The van der Waals surface area contributed by atoms with Crippen molar-refractivity contribution in [3.63, 3.8) is 0 Å². The van der Waals surface area contributed by atoms with Crippen molar-refractivity contribution in [3.8, 4) is 0 Å². The summed E-state index contributed by atoms with van der Waals surface area (Å²) in [5.41, 5.74) is 2.12. The Balaban J connectivity index is 2.57. The summed E-state index contributed by atoms with van der Waals surface area (Å²) in [6.07, 6.45) is 0.765. The predicted octanol–water partition coefficient (Wildman–Crippen LogP) is 2.62. The maximum absolute atomic E-state index is 10.1. The van der Waals surface area contributed by atoms with E-state index < -0.39 is 0 Å². The van der Waals surface area contributed by atoms with Gasteiger partial charge in [0.15, 0.2) is 0 Å². The van der Waals surface area contributed by atoms with Crippen LogP contribution in [0.15, 0.2) is 18.2 Å². The van der Waals surface area contributed by atoms with Crippen molar-refractivity contribution in [1.29, 1.82) is 0 Å². The maximum atomic E-state index is 10.1. The van der Waals surface area contributed by atoms with Gasteiger partial charge in [-0.2, -0.15) is 0 Å². The van der Waals surface area contributed by atoms with Crippen molar-refractivity contribution >= 4 is 0 Å². The zero-order chi connectivity index (χ0) is 13.5. The molecule has 0 amide bonds. The third-order valence-electron chi connectivity index (χ3n) is 3.52. The van der Waals surface area contributed by atoms with Crippen molar-refractivity contribution in [1.82, 2.24) is 9.88 Å². The molecule has 1 heterocycles. The second kappa shape index (κ2) is 7.49. The Morgan fingerprint density at radius 1 is 1.33 bits per heavy atom. The topological polar surface area (TPSA) is 36.4 Å². The first-order valence-electron chi connectivity index (χ1n) is 6.89. The molecule has 0 spiro atoms. The number of likely N-dealkylation sites (N-methyl/N-ethyl adjacent to an activating group) is 1. The fourth-order valence-electron chi connectivity index (χ4n) is 1.94. The van der Waals surface area contributed by atoms with Crippen molar-refractivity contribution < 1.29 is 5.11 Å². The summed E-state index contributed by atoms with van der Waals surface area (Å²) in [4.78, 5) is 6.76. The van der Waals surface area contributed by atoms with Crippen molar-refractivity contribution in [2.75, 3.05) is 13.1 Å². The molecular formula is C15H26N2O. The number of nitrogens with zero attached hydrogens (tertiary/aromatic N) is 2. The maximum Gasteiger partial charge on any atom is 0.0692 e. The third-order valence-corrected chi connectivity index (χ3v) is 3.52. The molecule has 2 atom stereocenters. The van der Waals surface area contributed by atoms with E-state index in [0.29, 0.717) is 5.92 Å². The van der Waals surface area contributed by atoms with E-state index in [9.17, 15) is 5.11 Å². The number of aliphatic hydroxyl groups excluding tert-OH is 1. The Hall–Kier alpha value is -0.930. The van der Waals surface area contributed by atoms with E-state index in [1.807, 2.05) is 25.1 Å². The van der Waals surface area contributed by atoms with Crippen molar-refractivity contribution in [3.05, 3.63) is 29.6 Å². The molecule has 3 nitrogen and oxygen atoms in total. The Labute approximate surface area is 111 Å². The Morgan fingerprint density at radius 2 is 2.06 bits per heavy atom. The van der Waals surface area contributed by atoms with Crippen molar-refractivity contribution in [2.45, 2.75) is 46.8 Å². The average molecular weight is 250 g/mol. The van der Waals surface area contributed by atoms with Gasteiger partial charge in [-0.15, -0.1) is 0 Å². The normalized spacial score (nSPS) is 14.8. The van der Waals surface area contributed by atoms with E-state index in [1.54, 1.807) is 0 Å². The first-order chi connectivity index (χ1) is 8.56. The van der Waals surface area contributed by atoms with Crippen LogP contribution in [0.2, 0.25) is 0 Å². The SMILES string of the molecule is CCC(C)C(O)CN(CC)Cc1cccc(C)n1. The van der Waals surface area contributed by atoms with Crippen LogP contribution in [-0.2, 0) is 6.54 Å². The van der Waals surface area contributed by atoms with E-state index in [0.717, 1.165) is 37.4 Å². The average Bonchev–Trinajstić information content (AvgIpc) is 2.36. The molecule has 0 bridgehead atoms. The zero-order valence-electron chi connectivity index (χ0n) is 12.1. The van der Waals surface area contributed by atoms with E-state index >= 15 is 0 Å². The Kier molecular flexibility index (Phi) is 6.30. The fraction of sp³-hybridized carbons (Fsp3) is 0.667. The van der Waals surface area contributed by atoms with Crippen LogP contribution in [0.25, 0.3) is 0 Å². The molecule has 0 fully saturated rings. The van der Waals surface area contributed by atoms with Gasteiger partial charge in [-0.05, 0) is 31.5 Å². The summed E-state index contributed by atoms with van der Waals surface area (Å²) in [5, 5.41) is 10.1. The molecule has 0 aliphatic heterocycles. The van der Waals surface area contributed by atoms with Gasteiger partial charge < -0.3 is 5.11 Å². The number of hydrogen-bond donors (Lipinski definition) is 1. The molecule has 1 aromatic rings. The van der Waals surface area contributed by atoms with E-state index in [4.69, 9.17) is 0 Å². The first kappa shape index (κ1) is 15.1. The number of pyridine rings is 1. The molecule has 102 valence electrons. The molecule has 0 saturated carbocycles. The molecule has 1 rings (SSSR count). The zero-order valence-corrected chi connectivity index (χ0v) is 12.1. The van der Waals surface area contributed by atoms with Gasteiger partial charge in [0.2, 0.25) is 0 Å². The van der Waals surface area contributed by atoms with Crippen LogP contribution < -0.4 is 0 Å². The van der Waals surface area contributed by atoms with Crippen molar-refractivity contribution in [2.24, 2.45) is 5.92 Å². The van der Waals surface area contributed by atoms with Crippen LogP contribution in [0.5, 0.6) is 0 Å². The lowest BCUT2D eigenvalue weighted by Gasteiger charge is -2.26. The second-order valence-electron chi connectivity index (χ2n) is 5.05. The smallest absolute Gasteiger partial charge is 0.0692 e. The molecule has 3 heteroatoms. The molecule has 18 heavy (non-hydrogen) atoms. The molecule has 2 unspecified atom stereocenters. The summed E-state index contributed by atoms with van der Waals surface area (Å²) >= 11 is 0. The monoisotopic (exact) mass is 250 g/mol. The van der Waals surface area contributed by atoms with Gasteiger partial charge in [-0.1, -0.05) is 33.3 Å². The van der Waals surface area contributed by atoms with Gasteiger partial charge >= 0.3 is 0 Å². The molecular weight excluding hydrogens is 224 g/mol. The van der Waals surface area contributed by atoms with Crippen LogP contribution in [-0.4, -0.2) is 34.2 Å². The minimum atomic E-state index is -0.250. The van der Waals surface area contributed by atoms with Crippen LogP contribution in [0.3, 0.4) is 0 Å². The summed E-state index contributed by atoms with van der Waals surface area (Å²) in [6.45, 7) is 10.8. The third kappa shape index (κ3) is 4.75. The standard InChI is InChI=1S/C15H26N2O/c1-5-12(3)15(18)11-17(6-2)10-14-9-7-8-13(4)16-14/h7-9,12,15,18H,5-6,10-11H2,1-4H3. The first-order valence-corrected chi connectivity index (χ1v) is 6.89. The molecule has 0 aliphatic rings. The highest BCUT2D eigenvalue weighted by Gasteiger charge is 2.16. The lowest BCUT2D eigenvalue weighted by molar-refractivity contribution is 0.0672. The minimum absolute atomic E-state index is 0.250. The Morgan fingerprint density at radius 3 is 2.61 bits per heavy atom. The van der Waals surface area contributed by atoms with E-state index in [2.05, 4.69) is 30.7 Å². The summed E-state index contributed by atoms with van der Waals surface area (Å²) in [6, 6.07) is 6.09. The minimum Gasteiger partial charge on any atom is -0.392 e. The van der Waals surface area contributed by atoms with Crippen LogP contribution >= 0.6 is 0 Å². The summed E-state index contributed by atoms with van der Waals surface area (Å²) < 4.78 is 0. The highest BCUT2D eigenvalue weighted by Crippen LogP contribution is 2.11. The van der Waals surface area contributed by atoms with E-state index in [1.165, 1.54) is 0 Å². The molecule has 0 saturated heterocycles. The quantitative estimate of drug-likeness (QED) is 0.808. The highest BCUT2D eigenvalue weighted by atomic mass is 16.3.